The maximum Gasteiger partial charge on any atom is 0.151 e. The van der Waals surface area contributed by atoms with Gasteiger partial charge in [-0.3, -0.25) is 4.90 Å². The summed E-state index contributed by atoms with van der Waals surface area (Å²) in [5, 5.41) is 0. The van der Waals surface area contributed by atoms with E-state index >= 15 is 0 Å². The lowest BCUT2D eigenvalue weighted by molar-refractivity contribution is 0.109. The number of likely N-dealkylation sites (tertiary alicyclic amines) is 1. The van der Waals surface area contributed by atoms with Gasteiger partial charge in [-0.1, -0.05) is 57.5 Å². The predicted octanol–water partition coefficient (Wildman–Crippen LogP) is 6.23. The number of fused-ring (bicyclic) bond motifs is 5. The lowest BCUT2D eigenvalue weighted by Gasteiger charge is -2.44. The summed E-state index contributed by atoms with van der Waals surface area (Å²) >= 11 is 0. The molecule has 1 aromatic rings. The summed E-state index contributed by atoms with van der Waals surface area (Å²) in [5.74, 6) is 4.78. The summed E-state index contributed by atoms with van der Waals surface area (Å²) in [6.45, 7) is 7.82. The Hall–Kier alpha value is -0.803. The van der Waals surface area contributed by atoms with E-state index in [0.717, 1.165) is 47.2 Å². The average Bonchev–Trinajstić information content (AvgIpc) is 3.16. The molecule has 2 nitrogen and oxygen atoms in total. The number of rotatable bonds is 3. The Morgan fingerprint density at radius 3 is 2.39 bits per heavy atom. The van der Waals surface area contributed by atoms with E-state index in [1.54, 1.807) is 0 Å². The molecule has 28 heavy (non-hydrogen) atoms. The number of nitrogens with zero attached hydrogens (tertiary/aromatic N) is 1. The van der Waals surface area contributed by atoms with Crippen molar-refractivity contribution in [2.45, 2.75) is 82.6 Å². The fourth-order valence-electron chi connectivity index (χ4n) is 8.48. The van der Waals surface area contributed by atoms with Crippen molar-refractivity contribution in [1.29, 1.82) is 0 Å². The fourth-order valence-corrected chi connectivity index (χ4v) is 12.4. The molecule has 0 aromatic heterocycles. The van der Waals surface area contributed by atoms with E-state index in [4.69, 9.17) is 0 Å². The van der Waals surface area contributed by atoms with Gasteiger partial charge < -0.3 is 4.98 Å². The molecule has 8 unspecified atom stereocenters. The number of nitrogens with one attached hydrogen (secondary N) is 1. The molecular weight excluding hydrogens is 356 g/mol. The largest absolute Gasteiger partial charge is 0.410 e. The van der Waals surface area contributed by atoms with E-state index in [-0.39, 0.29) is 0 Å². The van der Waals surface area contributed by atoms with Crippen LogP contribution in [0.25, 0.3) is 0 Å². The van der Waals surface area contributed by atoms with Gasteiger partial charge in [0.05, 0.1) is 0 Å². The Morgan fingerprint density at radius 2 is 1.64 bits per heavy atom. The number of para-hydroxylation sites is 1. The van der Waals surface area contributed by atoms with Crippen LogP contribution in [0, 0.1) is 29.6 Å². The number of hydrogen-bond donors (Lipinski definition) is 1. The Morgan fingerprint density at radius 1 is 0.929 bits per heavy atom. The molecule has 3 saturated carbocycles. The van der Waals surface area contributed by atoms with Crippen molar-refractivity contribution in [2.75, 3.05) is 12.0 Å². The molecule has 1 saturated heterocycles. The molecule has 1 heterocycles. The summed E-state index contributed by atoms with van der Waals surface area (Å²) in [7, 11) is 0.896. The molecule has 3 aliphatic carbocycles. The second kappa shape index (κ2) is 7.16. The van der Waals surface area contributed by atoms with Crippen LogP contribution in [0.1, 0.15) is 51.9 Å². The standard InChI is InChI=1S/C25H40N2Si/c1-17-14-15-22-21(16-17)23-24(27(22)2)19-12-8-9-13-20(19)25(23)28(3,4)26-18-10-6-5-7-11-18/h5-7,10-11,17,19-26H,8-9,12-16H2,1-4H3. The minimum absolute atomic E-state index is 0.873. The monoisotopic (exact) mass is 396 g/mol. The normalized spacial score (nSPS) is 43.3. The van der Waals surface area contributed by atoms with Crippen molar-refractivity contribution >= 4 is 13.9 Å². The molecule has 5 rings (SSSR count). The van der Waals surface area contributed by atoms with E-state index in [1.807, 2.05) is 0 Å². The number of benzene rings is 1. The zero-order valence-corrected chi connectivity index (χ0v) is 19.4. The highest BCUT2D eigenvalue weighted by molar-refractivity contribution is 6.82. The first-order valence-corrected chi connectivity index (χ1v) is 15.1. The highest BCUT2D eigenvalue weighted by Gasteiger charge is 2.64. The molecule has 4 fully saturated rings. The minimum atomic E-state index is -1.61. The van der Waals surface area contributed by atoms with E-state index in [0.29, 0.717) is 0 Å². The van der Waals surface area contributed by atoms with Gasteiger partial charge in [0.15, 0.2) is 8.24 Å². The van der Waals surface area contributed by atoms with Crippen LogP contribution >= 0.6 is 0 Å². The predicted molar refractivity (Wildman–Crippen MR) is 122 cm³/mol. The quantitative estimate of drug-likeness (QED) is 0.609. The second-order valence-corrected chi connectivity index (χ2v) is 15.6. The molecule has 0 amide bonds. The Labute approximate surface area is 173 Å². The summed E-state index contributed by atoms with van der Waals surface area (Å²) in [5.41, 5.74) is 2.29. The number of hydrogen-bond acceptors (Lipinski definition) is 2. The van der Waals surface area contributed by atoms with Crippen LogP contribution in [0.5, 0.6) is 0 Å². The number of anilines is 1. The molecular formula is C25H40N2Si. The van der Waals surface area contributed by atoms with Crippen molar-refractivity contribution in [3.05, 3.63) is 30.3 Å². The third-order valence-corrected chi connectivity index (χ3v) is 12.7. The molecule has 3 heteroatoms. The Balaban J connectivity index is 1.51. The first-order valence-electron chi connectivity index (χ1n) is 12.0. The molecule has 0 radical (unpaired) electrons. The molecule has 1 aliphatic heterocycles. The first-order chi connectivity index (χ1) is 13.5. The van der Waals surface area contributed by atoms with Gasteiger partial charge in [-0.05, 0) is 80.0 Å². The third-order valence-electron chi connectivity index (χ3n) is 9.27. The van der Waals surface area contributed by atoms with Crippen molar-refractivity contribution < 1.29 is 0 Å². The summed E-state index contributed by atoms with van der Waals surface area (Å²) < 4.78 is 0. The maximum absolute atomic E-state index is 4.15. The molecule has 4 aliphatic rings. The van der Waals surface area contributed by atoms with Crippen LogP contribution < -0.4 is 4.98 Å². The highest BCUT2D eigenvalue weighted by atomic mass is 28.3. The van der Waals surface area contributed by atoms with Gasteiger partial charge >= 0.3 is 0 Å². The van der Waals surface area contributed by atoms with Crippen LogP contribution in [-0.4, -0.2) is 32.3 Å². The van der Waals surface area contributed by atoms with Gasteiger partial charge in [0.1, 0.15) is 0 Å². The van der Waals surface area contributed by atoms with E-state index in [1.165, 1.54) is 50.6 Å². The lowest BCUT2D eigenvalue weighted by atomic mass is 9.74. The van der Waals surface area contributed by atoms with Gasteiger partial charge in [-0.15, -0.1) is 0 Å². The summed E-state index contributed by atoms with van der Waals surface area (Å²) in [4.78, 5) is 7.06. The van der Waals surface area contributed by atoms with Crippen molar-refractivity contribution in [3.8, 4) is 0 Å². The van der Waals surface area contributed by atoms with Gasteiger partial charge in [0.2, 0.25) is 0 Å². The van der Waals surface area contributed by atoms with E-state index in [2.05, 4.69) is 67.3 Å². The fraction of sp³-hybridized carbons (Fsp3) is 0.760. The van der Waals surface area contributed by atoms with Crippen LogP contribution in [0.3, 0.4) is 0 Å². The molecule has 8 atom stereocenters. The Bertz CT molecular complexity index is 689. The summed E-state index contributed by atoms with van der Waals surface area (Å²) in [6.07, 6.45) is 10.3. The molecule has 0 spiro atoms. The van der Waals surface area contributed by atoms with Crippen LogP contribution in [0.4, 0.5) is 5.69 Å². The average molecular weight is 397 g/mol. The lowest BCUT2D eigenvalue weighted by Crippen LogP contribution is -2.48. The van der Waals surface area contributed by atoms with Crippen LogP contribution in [0.15, 0.2) is 30.3 Å². The van der Waals surface area contributed by atoms with Gasteiger partial charge in [0, 0.05) is 17.8 Å². The zero-order valence-electron chi connectivity index (χ0n) is 18.4. The van der Waals surface area contributed by atoms with Crippen LogP contribution in [-0.2, 0) is 0 Å². The Kier molecular flexibility index (Phi) is 4.90. The molecule has 1 N–H and O–H groups in total. The summed E-state index contributed by atoms with van der Waals surface area (Å²) in [6, 6.07) is 12.8. The smallest absolute Gasteiger partial charge is 0.151 e. The van der Waals surface area contributed by atoms with E-state index < -0.39 is 8.24 Å². The highest BCUT2D eigenvalue weighted by Crippen LogP contribution is 2.64. The third kappa shape index (κ3) is 2.99. The van der Waals surface area contributed by atoms with E-state index in [9.17, 15) is 0 Å². The van der Waals surface area contributed by atoms with Gasteiger partial charge in [0.25, 0.3) is 0 Å². The first kappa shape index (κ1) is 19.2. The van der Waals surface area contributed by atoms with Gasteiger partial charge in [-0.2, -0.15) is 0 Å². The topological polar surface area (TPSA) is 15.3 Å². The van der Waals surface area contributed by atoms with Gasteiger partial charge in [-0.25, -0.2) is 0 Å². The van der Waals surface area contributed by atoms with Crippen LogP contribution in [0.2, 0.25) is 18.6 Å². The molecule has 154 valence electrons. The zero-order chi connectivity index (χ0) is 19.5. The minimum Gasteiger partial charge on any atom is -0.410 e. The SMILES string of the molecule is CC1CCC2C(C1)C1C(C3CCCCC3C1[Si](C)(C)Nc1ccccc1)N2C. The molecule has 0 bridgehead atoms. The van der Waals surface area contributed by atoms with Crippen molar-refractivity contribution in [3.63, 3.8) is 0 Å². The second-order valence-electron chi connectivity index (χ2n) is 11.2. The van der Waals surface area contributed by atoms with Crippen molar-refractivity contribution in [2.24, 2.45) is 29.6 Å². The maximum atomic E-state index is 4.15. The molecule has 1 aromatic carbocycles. The van der Waals surface area contributed by atoms with Crippen molar-refractivity contribution in [1.82, 2.24) is 4.90 Å².